The fraction of sp³-hybridized carbons (Fsp3) is 0.242. The van der Waals surface area contributed by atoms with Crippen molar-refractivity contribution in [1.29, 1.82) is 0 Å². The predicted molar refractivity (Wildman–Crippen MR) is 159 cm³/mol. The number of ketones is 1. The van der Waals surface area contributed by atoms with Gasteiger partial charge in [0.25, 0.3) is 0 Å². The Balaban J connectivity index is 1.84. The van der Waals surface area contributed by atoms with Gasteiger partial charge in [-0.05, 0) is 0 Å². The molecule has 1 aliphatic carbocycles. The molecule has 0 unspecified atom stereocenters. The number of allylic oxidation sites excluding steroid dienone is 6. The number of carbonyl (C=O) groups is 1. The third-order valence-electron chi connectivity index (χ3n) is 7.68. The molecule has 0 saturated heterocycles. The van der Waals surface area contributed by atoms with Crippen molar-refractivity contribution in [2.45, 2.75) is 40.5 Å². The van der Waals surface area contributed by atoms with Crippen LogP contribution < -0.4 is 15.9 Å². The number of hydrogen-bond acceptors (Lipinski definition) is 1. The monoisotopic (exact) mass is 514 g/mol. The molecule has 0 fully saturated rings. The molecule has 0 atom stereocenters. The van der Waals surface area contributed by atoms with Crippen LogP contribution in [0.25, 0.3) is 0 Å². The second-order valence-electron chi connectivity index (χ2n) is 10.5. The van der Waals surface area contributed by atoms with Gasteiger partial charge in [0.2, 0.25) is 0 Å². The normalized spacial score (nSPS) is 17.8. The van der Waals surface area contributed by atoms with E-state index in [1.165, 1.54) is 0 Å². The number of benzene rings is 3. The SMILES string of the molecule is CC1=C(/C=C/C(C)=C/CP(Cl)(c2ccccc2)(c2ccccc2)c2ccccc2)C(C)(C)CCC1=O. The Morgan fingerprint density at radius 1 is 0.861 bits per heavy atom. The summed E-state index contributed by atoms with van der Waals surface area (Å²) in [7, 11) is 0. The Morgan fingerprint density at radius 3 is 1.75 bits per heavy atom. The Kier molecular flexibility index (Phi) is 7.56. The molecule has 0 aliphatic heterocycles. The van der Waals surface area contributed by atoms with Crippen LogP contribution in [0, 0.1) is 5.41 Å². The van der Waals surface area contributed by atoms with Gasteiger partial charge in [-0.25, -0.2) is 0 Å². The number of halogens is 1. The molecule has 0 radical (unpaired) electrons. The van der Waals surface area contributed by atoms with E-state index >= 15 is 0 Å². The molecule has 1 aliphatic rings. The first-order valence-electron chi connectivity index (χ1n) is 12.7. The summed E-state index contributed by atoms with van der Waals surface area (Å²) in [6, 6.07) is 31.7. The molecule has 3 aromatic rings. The van der Waals surface area contributed by atoms with E-state index in [2.05, 4.69) is 112 Å². The van der Waals surface area contributed by atoms with Crippen molar-refractivity contribution < 1.29 is 4.79 Å². The van der Waals surface area contributed by atoms with E-state index in [1.807, 2.05) is 25.1 Å². The number of carbonyl (C=O) groups excluding carboxylic acids is 1. The molecule has 0 aromatic heterocycles. The van der Waals surface area contributed by atoms with Gasteiger partial charge in [0.1, 0.15) is 0 Å². The first kappa shape index (κ1) is 26.3. The molecule has 1 nitrogen and oxygen atoms in total. The van der Waals surface area contributed by atoms with E-state index in [4.69, 9.17) is 11.2 Å². The van der Waals surface area contributed by atoms with Crippen molar-refractivity contribution >= 4 is 38.9 Å². The second kappa shape index (κ2) is 10.3. The molecule has 0 saturated carbocycles. The molecule has 186 valence electrons. The average Bonchev–Trinajstić information content (AvgIpc) is 2.91. The van der Waals surface area contributed by atoms with Crippen LogP contribution in [-0.2, 0) is 4.79 Å². The van der Waals surface area contributed by atoms with Gasteiger partial charge in [0, 0.05) is 0 Å². The summed E-state index contributed by atoms with van der Waals surface area (Å²) >= 11 is 8.16. The average molecular weight is 515 g/mol. The summed E-state index contributed by atoms with van der Waals surface area (Å²) in [6.45, 7) is 8.55. The molecule has 3 aromatic carbocycles. The molecule has 36 heavy (non-hydrogen) atoms. The van der Waals surface area contributed by atoms with Crippen molar-refractivity contribution in [3.8, 4) is 0 Å². The molecular weight excluding hydrogens is 479 g/mol. The van der Waals surface area contributed by atoms with Crippen LogP contribution in [0.5, 0.6) is 0 Å². The van der Waals surface area contributed by atoms with Crippen molar-refractivity contribution in [3.63, 3.8) is 0 Å². The first-order chi connectivity index (χ1) is 17.2. The first-order valence-corrected chi connectivity index (χ1v) is 16.0. The van der Waals surface area contributed by atoms with Gasteiger partial charge in [-0.3, -0.25) is 0 Å². The molecule has 0 N–H and O–H groups in total. The van der Waals surface area contributed by atoms with Crippen LogP contribution in [-0.4, -0.2) is 11.9 Å². The van der Waals surface area contributed by atoms with Crippen LogP contribution in [0.1, 0.15) is 40.5 Å². The minimum absolute atomic E-state index is 0.00141. The maximum atomic E-state index is 12.4. The fourth-order valence-corrected chi connectivity index (χ4v) is 11.1. The van der Waals surface area contributed by atoms with Crippen LogP contribution in [0.4, 0.5) is 0 Å². The molecule has 4 rings (SSSR count). The molecular formula is C33H36ClOP. The third-order valence-corrected chi connectivity index (χ3v) is 14.8. The Hall–Kier alpha value is -2.73. The van der Waals surface area contributed by atoms with Crippen molar-refractivity contribution in [2.75, 3.05) is 6.16 Å². The summed E-state index contributed by atoms with van der Waals surface area (Å²) in [5, 5.41) is 3.48. The zero-order chi connectivity index (χ0) is 25.8. The van der Waals surface area contributed by atoms with Crippen molar-refractivity contribution in [2.24, 2.45) is 5.41 Å². The van der Waals surface area contributed by atoms with Gasteiger partial charge < -0.3 is 0 Å². The minimum atomic E-state index is -3.33. The topological polar surface area (TPSA) is 17.1 Å². The van der Waals surface area contributed by atoms with E-state index in [-0.39, 0.29) is 11.2 Å². The van der Waals surface area contributed by atoms with Gasteiger partial charge >= 0.3 is 222 Å². The summed E-state index contributed by atoms with van der Waals surface area (Å²) in [5.41, 5.74) is 3.18. The van der Waals surface area contributed by atoms with Crippen LogP contribution >= 0.6 is 17.2 Å². The summed E-state index contributed by atoms with van der Waals surface area (Å²) < 4.78 is 0. The Bertz CT molecular complexity index is 1220. The van der Waals surface area contributed by atoms with E-state index in [9.17, 15) is 4.79 Å². The molecule has 0 heterocycles. The van der Waals surface area contributed by atoms with E-state index in [0.29, 0.717) is 12.6 Å². The van der Waals surface area contributed by atoms with Gasteiger partial charge in [-0.2, -0.15) is 0 Å². The van der Waals surface area contributed by atoms with Crippen molar-refractivity contribution in [1.82, 2.24) is 0 Å². The van der Waals surface area contributed by atoms with Crippen LogP contribution in [0.15, 0.2) is 126 Å². The zero-order valence-electron chi connectivity index (χ0n) is 21.7. The van der Waals surface area contributed by atoms with E-state index < -0.39 is 5.96 Å². The molecule has 0 spiro atoms. The fourth-order valence-electron chi connectivity index (χ4n) is 5.33. The Labute approximate surface area is 221 Å². The standard InChI is InChI=1S/C33H36ClOP/c1-26(20-21-31-27(2)32(35)22-24-33(31,3)4)23-25-36(34,28-14-8-5-9-15-28,29-16-10-6-11-17-29)30-18-12-7-13-19-30/h5-21,23H,22,24-25H2,1-4H3/b21-20+,26-23+. The number of hydrogen-bond donors (Lipinski definition) is 0. The summed E-state index contributed by atoms with van der Waals surface area (Å²) in [4.78, 5) is 12.4. The predicted octanol–water partition coefficient (Wildman–Crippen LogP) is 7.88. The summed E-state index contributed by atoms with van der Waals surface area (Å²) in [6.07, 6.45) is 8.80. The van der Waals surface area contributed by atoms with Gasteiger partial charge in [-0.15, -0.1) is 0 Å². The zero-order valence-corrected chi connectivity index (χ0v) is 23.4. The number of rotatable bonds is 7. The number of Topliss-reactive ketones (excluding diaryl/α,β-unsaturated/α-hetero) is 1. The van der Waals surface area contributed by atoms with Gasteiger partial charge in [0.05, 0.1) is 0 Å². The van der Waals surface area contributed by atoms with E-state index in [0.717, 1.165) is 39.1 Å². The quantitative estimate of drug-likeness (QED) is 0.231. The molecule has 0 bridgehead atoms. The second-order valence-corrected chi connectivity index (χ2v) is 17.0. The van der Waals surface area contributed by atoms with Gasteiger partial charge in [-0.1, -0.05) is 0 Å². The van der Waals surface area contributed by atoms with Gasteiger partial charge in [0.15, 0.2) is 0 Å². The Morgan fingerprint density at radius 2 is 1.31 bits per heavy atom. The maximum absolute atomic E-state index is 12.4. The third kappa shape index (κ3) is 4.80. The van der Waals surface area contributed by atoms with E-state index in [1.54, 1.807) is 0 Å². The molecule has 0 amide bonds. The van der Waals surface area contributed by atoms with Crippen molar-refractivity contribution in [3.05, 3.63) is 126 Å². The van der Waals surface area contributed by atoms with Crippen LogP contribution in [0.2, 0.25) is 0 Å². The summed E-state index contributed by atoms with van der Waals surface area (Å²) in [5.74, 6) is -3.07. The molecule has 3 heteroatoms. The van der Waals surface area contributed by atoms with Crippen LogP contribution in [0.3, 0.4) is 0 Å².